The Morgan fingerprint density at radius 2 is 2.21 bits per heavy atom. The number of nitrogens with zero attached hydrogens (tertiary/aromatic N) is 2. The predicted octanol–water partition coefficient (Wildman–Crippen LogP) is 2.51. The van der Waals surface area contributed by atoms with E-state index in [0.717, 1.165) is 30.2 Å². The van der Waals surface area contributed by atoms with Crippen LogP contribution < -0.4 is 10.2 Å². The highest BCUT2D eigenvalue weighted by atomic mass is 32.1. The molecule has 0 aromatic carbocycles. The van der Waals surface area contributed by atoms with Crippen LogP contribution in [0.3, 0.4) is 0 Å². The van der Waals surface area contributed by atoms with E-state index in [4.69, 9.17) is 0 Å². The Morgan fingerprint density at radius 1 is 1.42 bits per heavy atom. The average molecular weight is 279 g/mol. The van der Waals surface area contributed by atoms with Crippen LogP contribution in [0.1, 0.15) is 51.1 Å². The largest absolute Gasteiger partial charge is 0.303 e. The van der Waals surface area contributed by atoms with Crippen LogP contribution >= 0.6 is 11.3 Å². The summed E-state index contributed by atoms with van der Waals surface area (Å²) in [5.74, 6) is 0.632. The lowest BCUT2D eigenvalue weighted by molar-refractivity contribution is -0.121. The first-order valence-electron chi connectivity index (χ1n) is 7.18. The minimum atomic E-state index is 0.00708. The SMILES string of the molecule is CC(C)c1csc(N2CCCC(NC3CC3)C2=O)n1. The first-order valence-corrected chi connectivity index (χ1v) is 8.06. The van der Waals surface area contributed by atoms with Gasteiger partial charge in [0.2, 0.25) is 5.91 Å². The molecule has 4 nitrogen and oxygen atoms in total. The molecule has 1 atom stereocenters. The van der Waals surface area contributed by atoms with Gasteiger partial charge in [-0.1, -0.05) is 13.8 Å². The van der Waals surface area contributed by atoms with Crippen LogP contribution in [0.15, 0.2) is 5.38 Å². The topological polar surface area (TPSA) is 45.2 Å². The lowest BCUT2D eigenvalue weighted by atomic mass is 10.1. The van der Waals surface area contributed by atoms with Crippen molar-refractivity contribution in [3.05, 3.63) is 11.1 Å². The van der Waals surface area contributed by atoms with Gasteiger partial charge in [0.1, 0.15) is 0 Å². The minimum absolute atomic E-state index is 0.00708. The van der Waals surface area contributed by atoms with Crippen LogP contribution in [0.2, 0.25) is 0 Å². The zero-order chi connectivity index (χ0) is 13.4. The van der Waals surface area contributed by atoms with E-state index in [2.05, 4.69) is 29.5 Å². The third-order valence-electron chi connectivity index (χ3n) is 3.79. The molecule has 1 aliphatic carbocycles. The van der Waals surface area contributed by atoms with Crippen LogP contribution in [-0.2, 0) is 4.79 Å². The first-order chi connectivity index (χ1) is 9.15. The molecular weight excluding hydrogens is 258 g/mol. The normalized spacial score (nSPS) is 24.3. The highest BCUT2D eigenvalue weighted by molar-refractivity contribution is 7.14. The molecule has 1 aliphatic heterocycles. The maximum absolute atomic E-state index is 12.5. The van der Waals surface area contributed by atoms with Crippen LogP contribution in [-0.4, -0.2) is 29.5 Å². The summed E-state index contributed by atoms with van der Waals surface area (Å²) in [5, 5.41) is 6.40. The molecule has 5 heteroatoms. The molecular formula is C14H21N3OS. The third-order valence-corrected chi connectivity index (χ3v) is 4.67. The van der Waals surface area contributed by atoms with Crippen molar-refractivity contribution in [2.24, 2.45) is 0 Å². The van der Waals surface area contributed by atoms with E-state index in [-0.39, 0.29) is 11.9 Å². The number of thiazole rings is 1. The number of hydrogen-bond donors (Lipinski definition) is 1. The van der Waals surface area contributed by atoms with Crippen LogP contribution in [0.4, 0.5) is 5.13 Å². The predicted molar refractivity (Wildman–Crippen MR) is 77.7 cm³/mol. The minimum Gasteiger partial charge on any atom is -0.303 e. The zero-order valence-corrected chi connectivity index (χ0v) is 12.4. The summed E-state index contributed by atoms with van der Waals surface area (Å²) in [6, 6.07) is 0.587. The van der Waals surface area contributed by atoms with Gasteiger partial charge in [0.25, 0.3) is 0 Å². The zero-order valence-electron chi connectivity index (χ0n) is 11.6. The summed E-state index contributed by atoms with van der Waals surface area (Å²) in [4.78, 5) is 19.0. The fraction of sp³-hybridized carbons (Fsp3) is 0.714. The molecule has 2 fully saturated rings. The fourth-order valence-electron chi connectivity index (χ4n) is 2.42. The lowest BCUT2D eigenvalue weighted by Gasteiger charge is -2.31. The van der Waals surface area contributed by atoms with Gasteiger partial charge in [-0.3, -0.25) is 9.69 Å². The van der Waals surface area contributed by atoms with Crippen molar-refractivity contribution in [1.29, 1.82) is 0 Å². The van der Waals surface area contributed by atoms with Gasteiger partial charge >= 0.3 is 0 Å². The molecule has 1 N–H and O–H groups in total. The van der Waals surface area contributed by atoms with E-state index in [0.29, 0.717) is 12.0 Å². The number of carbonyl (C=O) groups excluding carboxylic acids is 1. The third kappa shape index (κ3) is 2.82. The summed E-state index contributed by atoms with van der Waals surface area (Å²) >= 11 is 1.59. The van der Waals surface area contributed by atoms with E-state index >= 15 is 0 Å². The number of hydrogen-bond acceptors (Lipinski definition) is 4. The highest BCUT2D eigenvalue weighted by Gasteiger charge is 2.34. The second-order valence-corrected chi connectivity index (χ2v) is 6.67. The van der Waals surface area contributed by atoms with Crippen LogP contribution in [0.5, 0.6) is 0 Å². The first kappa shape index (κ1) is 13.1. The van der Waals surface area contributed by atoms with Crippen molar-refractivity contribution in [1.82, 2.24) is 10.3 Å². The van der Waals surface area contributed by atoms with Gasteiger partial charge in [-0.2, -0.15) is 0 Å². The maximum Gasteiger partial charge on any atom is 0.245 e. The number of rotatable bonds is 4. The molecule has 2 aliphatic rings. The summed E-state index contributed by atoms with van der Waals surface area (Å²) in [6.07, 6.45) is 4.47. The van der Waals surface area contributed by atoms with Gasteiger partial charge in [-0.05, 0) is 31.6 Å². The second-order valence-electron chi connectivity index (χ2n) is 5.84. The Kier molecular flexibility index (Phi) is 3.58. The standard InChI is InChI=1S/C14H21N3OS/c1-9(2)12-8-19-14(16-12)17-7-3-4-11(13(17)18)15-10-5-6-10/h8-11,15H,3-7H2,1-2H3. The van der Waals surface area contributed by atoms with Crippen LogP contribution in [0.25, 0.3) is 0 Å². The van der Waals surface area contributed by atoms with E-state index in [1.807, 2.05) is 4.90 Å². The molecule has 0 radical (unpaired) electrons. The Hall–Kier alpha value is -0.940. The summed E-state index contributed by atoms with van der Waals surface area (Å²) in [6.45, 7) is 5.08. The molecule has 1 unspecified atom stereocenters. The Morgan fingerprint density at radius 3 is 2.84 bits per heavy atom. The average Bonchev–Trinajstić information content (AvgIpc) is 3.05. The van der Waals surface area contributed by atoms with Gasteiger partial charge < -0.3 is 5.32 Å². The summed E-state index contributed by atoms with van der Waals surface area (Å²) < 4.78 is 0. The number of amides is 1. The molecule has 0 spiro atoms. The molecule has 1 aromatic rings. The van der Waals surface area contributed by atoms with Gasteiger partial charge in [0, 0.05) is 18.0 Å². The van der Waals surface area contributed by atoms with E-state index in [9.17, 15) is 4.79 Å². The molecule has 1 aromatic heterocycles. The molecule has 1 amide bonds. The van der Waals surface area contributed by atoms with Gasteiger partial charge in [-0.25, -0.2) is 4.98 Å². The van der Waals surface area contributed by atoms with Crippen molar-refractivity contribution in [2.45, 2.75) is 57.5 Å². The van der Waals surface area contributed by atoms with Gasteiger partial charge in [0.05, 0.1) is 11.7 Å². The maximum atomic E-state index is 12.5. The fourth-order valence-corrected chi connectivity index (χ4v) is 3.44. The van der Waals surface area contributed by atoms with E-state index in [1.165, 1.54) is 12.8 Å². The van der Waals surface area contributed by atoms with Crippen molar-refractivity contribution in [3.8, 4) is 0 Å². The monoisotopic (exact) mass is 279 g/mol. The second kappa shape index (κ2) is 5.21. The van der Waals surface area contributed by atoms with Gasteiger partial charge in [0.15, 0.2) is 5.13 Å². The quantitative estimate of drug-likeness (QED) is 0.921. The Balaban J connectivity index is 1.72. The van der Waals surface area contributed by atoms with Crippen LogP contribution in [0, 0.1) is 0 Å². The van der Waals surface area contributed by atoms with Crippen molar-refractivity contribution in [2.75, 3.05) is 11.4 Å². The highest BCUT2D eigenvalue weighted by Crippen LogP contribution is 2.29. The molecule has 3 rings (SSSR count). The Bertz CT molecular complexity index is 467. The van der Waals surface area contributed by atoms with Gasteiger partial charge in [-0.15, -0.1) is 11.3 Å². The molecule has 2 heterocycles. The van der Waals surface area contributed by atoms with E-state index in [1.54, 1.807) is 11.3 Å². The number of aromatic nitrogens is 1. The number of anilines is 1. The molecule has 1 saturated heterocycles. The Labute approximate surface area is 118 Å². The number of carbonyl (C=O) groups is 1. The summed E-state index contributed by atoms with van der Waals surface area (Å²) in [5.41, 5.74) is 1.09. The molecule has 1 saturated carbocycles. The number of piperidine rings is 1. The molecule has 0 bridgehead atoms. The van der Waals surface area contributed by atoms with Crippen molar-refractivity contribution >= 4 is 22.4 Å². The van der Waals surface area contributed by atoms with Crippen molar-refractivity contribution in [3.63, 3.8) is 0 Å². The number of nitrogens with one attached hydrogen (secondary N) is 1. The molecule has 19 heavy (non-hydrogen) atoms. The lowest BCUT2D eigenvalue weighted by Crippen LogP contribution is -2.51. The molecule has 104 valence electrons. The smallest absolute Gasteiger partial charge is 0.245 e. The van der Waals surface area contributed by atoms with E-state index < -0.39 is 0 Å². The summed E-state index contributed by atoms with van der Waals surface area (Å²) in [7, 11) is 0. The van der Waals surface area contributed by atoms with Crippen molar-refractivity contribution < 1.29 is 4.79 Å².